The maximum Gasteiger partial charge on any atom is 0.271 e. The van der Waals surface area contributed by atoms with E-state index in [1.165, 1.54) is 10.3 Å². The zero-order valence-corrected chi connectivity index (χ0v) is 17.9. The number of hydrazone groups is 1. The van der Waals surface area contributed by atoms with Crippen LogP contribution in [0.15, 0.2) is 101 Å². The molecule has 4 rings (SSSR count). The number of benzene rings is 4. The van der Waals surface area contributed by atoms with Crippen LogP contribution in [0.1, 0.15) is 21.5 Å². The van der Waals surface area contributed by atoms with Gasteiger partial charge in [-0.3, -0.25) is 4.79 Å². The Morgan fingerprint density at radius 2 is 1.68 bits per heavy atom. The van der Waals surface area contributed by atoms with Crippen LogP contribution in [-0.4, -0.2) is 18.4 Å². The number of carbonyl (C=O) groups excluding carboxylic acids is 1. The number of fused-ring (bicyclic) bond motifs is 1. The summed E-state index contributed by atoms with van der Waals surface area (Å²) < 4.78 is 5.91. The topological polar surface area (TPSA) is 50.7 Å². The van der Waals surface area contributed by atoms with E-state index < -0.39 is 0 Å². The molecule has 0 saturated heterocycles. The zero-order valence-electron chi connectivity index (χ0n) is 17.1. The van der Waals surface area contributed by atoms with Crippen molar-refractivity contribution in [3.63, 3.8) is 0 Å². The van der Waals surface area contributed by atoms with E-state index in [0.717, 1.165) is 22.3 Å². The highest BCUT2D eigenvalue weighted by Gasteiger charge is 2.05. The summed E-state index contributed by atoms with van der Waals surface area (Å²) in [7, 11) is 0. The number of carbonyl (C=O) groups is 1. The number of rotatable bonds is 7. The van der Waals surface area contributed by atoms with Crippen LogP contribution in [0.4, 0.5) is 0 Å². The second-order valence-corrected chi connectivity index (χ2v) is 7.85. The molecule has 0 heterocycles. The Kier molecular flexibility index (Phi) is 6.65. The maximum atomic E-state index is 12.3. The molecule has 0 aliphatic rings. The van der Waals surface area contributed by atoms with Gasteiger partial charge in [0.25, 0.3) is 5.91 Å². The van der Waals surface area contributed by atoms with Crippen molar-refractivity contribution in [2.45, 2.75) is 11.5 Å². The Bertz CT molecular complexity index is 1200. The average molecular weight is 427 g/mol. The molecular weight excluding hydrogens is 404 g/mol. The number of amides is 1. The van der Waals surface area contributed by atoms with Gasteiger partial charge in [-0.1, -0.05) is 54.6 Å². The summed E-state index contributed by atoms with van der Waals surface area (Å²) in [6.45, 7) is 0.435. The van der Waals surface area contributed by atoms with Crippen LogP contribution in [0, 0.1) is 0 Å². The summed E-state index contributed by atoms with van der Waals surface area (Å²) in [5.74, 6) is 0.569. The van der Waals surface area contributed by atoms with Gasteiger partial charge in [0.15, 0.2) is 0 Å². The Labute approximate surface area is 186 Å². The lowest BCUT2D eigenvalue weighted by Crippen LogP contribution is -2.17. The van der Waals surface area contributed by atoms with Crippen LogP contribution in [0.2, 0.25) is 0 Å². The van der Waals surface area contributed by atoms with Gasteiger partial charge in [-0.05, 0) is 64.6 Å². The third-order valence-electron chi connectivity index (χ3n) is 4.84. The fraction of sp³-hybridized carbons (Fsp3) is 0.0769. The molecule has 0 bridgehead atoms. The van der Waals surface area contributed by atoms with Gasteiger partial charge in [0, 0.05) is 10.5 Å². The van der Waals surface area contributed by atoms with Crippen molar-refractivity contribution in [1.82, 2.24) is 5.43 Å². The third kappa shape index (κ3) is 5.53. The van der Waals surface area contributed by atoms with E-state index in [4.69, 9.17) is 4.74 Å². The number of thioether (sulfide) groups is 1. The molecule has 0 saturated carbocycles. The lowest BCUT2D eigenvalue weighted by atomic mass is 10.1. The zero-order chi connectivity index (χ0) is 21.5. The molecule has 31 heavy (non-hydrogen) atoms. The van der Waals surface area contributed by atoms with Gasteiger partial charge >= 0.3 is 0 Å². The lowest BCUT2D eigenvalue weighted by molar-refractivity contribution is 0.0955. The molecular formula is C26H22N2O2S. The minimum absolute atomic E-state index is 0.251. The number of nitrogens with zero attached hydrogens (tertiary/aromatic N) is 1. The maximum absolute atomic E-state index is 12.3. The van der Waals surface area contributed by atoms with Crippen molar-refractivity contribution in [3.8, 4) is 5.75 Å². The fourth-order valence-corrected chi connectivity index (χ4v) is 3.50. The molecule has 5 heteroatoms. The second-order valence-electron chi connectivity index (χ2n) is 6.97. The largest absolute Gasteiger partial charge is 0.489 e. The molecule has 0 aromatic heterocycles. The Balaban J connectivity index is 1.31. The first-order valence-electron chi connectivity index (χ1n) is 9.89. The highest BCUT2D eigenvalue weighted by atomic mass is 32.2. The molecule has 0 spiro atoms. The molecule has 1 N–H and O–H groups in total. The van der Waals surface area contributed by atoms with Gasteiger partial charge in [-0.15, -0.1) is 11.8 Å². The molecule has 0 unspecified atom stereocenters. The Morgan fingerprint density at radius 1 is 0.935 bits per heavy atom. The molecule has 0 atom stereocenters. The van der Waals surface area contributed by atoms with Crippen molar-refractivity contribution in [3.05, 3.63) is 108 Å². The predicted octanol–water partition coefficient (Wildman–Crippen LogP) is 5.90. The van der Waals surface area contributed by atoms with Gasteiger partial charge in [-0.2, -0.15) is 5.10 Å². The lowest BCUT2D eigenvalue weighted by Gasteiger charge is -2.08. The molecule has 0 aliphatic carbocycles. The van der Waals surface area contributed by atoms with Crippen LogP contribution >= 0.6 is 11.8 Å². The van der Waals surface area contributed by atoms with Gasteiger partial charge in [0.05, 0.1) is 6.21 Å². The van der Waals surface area contributed by atoms with Crippen molar-refractivity contribution in [2.24, 2.45) is 5.10 Å². The van der Waals surface area contributed by atoms with E-state index in [1.807, 2.05) is 66.9 Å². The standard InChI is InChI=1S/C26H22N2O2S/c1-31-25-14-8-19(9-15-25)17-27-28-26(29)22-10-6-20(7-11-22)18-30-24-13-12-21-4-2-3-5-23(21)16-24/h2-17H,18H2,1H3,(H,28,29). The second kappa shape index (κ2) is 9.96. The molecule has 4 nitrogen and oxygen atoms in total. The van der Waals surface area contributed by atoms with Crippen molar-refractivity contribution in [1.29, 1.82) is 0 Å². The fourth-order valence-electron chi connectivity index (χ4n) is 3.10. The average Bonchev–Trinajstić information content (AvgIpc) is 2.83. The molecule has 4 aromatic carbocycles. The van der Waals surface area contributed by atoms with Crippen LogP contribution in [-0.2, 0) is 6.61 Å². The summed E-state index contributed by atoms with van der Waals surface area (Å²) in [6, 6.07) is 29.5. The molecule has 0 fully saturated rings. The normalized spacial score (nSPS) is 11.0. The van der Waals surface area contributed by atoms with E-state index in [1.54, 1.807) is 30.1 Å². The van der Waals surface area contributed by atoms with Gasteiger partial charge < -0.3 is 4.74 Å². The van der Waals surface area contributed by atoms with E-state index >= 15 is 0 Å². The number of hydrogen-bond donors (Lipinski definition) is 1. The van der Waals surface area contributed by atoms with E-state index in [0.29, 0.717) is 12.2 Å². The SMILES string of the molecule is CSc1ccc(C=NNC(=O)c2ccc(COc3ccc4ccccc4c3)cc2)cc1. The van der Waals surface area contributed by atoms with Crippen LogP contribution in [0.5, 0.6) is 5.75 Å². The Hall–Kier alpha value is -3.57. The van der Waals surface area contributed by atoms with Crippen LogP contribution in [0.25, 0.3) is 10.8 Å². The predicted molar refractivity (Wildman–Crippen MR) is 128 cm³/mol. The monoisotopic (exact) mass is 426 g/mol. The number of nitrogens with one attached hydrogen (secondary N) is 1. The minimum atomic E-state index is -0.251. The minimum Gasteiger partial charge on any atom is -0.489 e. The molecule has 0 aliphatic heterocycles. The van der Waals surface area contributed by atoms with E-state index in [9.17, 15) is 4.79 Å². The van der Waals surface area contributed by atoms with Crippen LogP contribution < -0.4 is 10.2 Å². The molecule has 154 valence electrons. The van der Waals surface area contributed by atoms with Gasteiger partial charge in [0.1, 0.15) is 12.4 Å². The first-order valence-corrected chi connectivity index (χ1v) is 11.1. The molecule has 0 radical (unpaired) electrons. The summed E-state index contributed by atoms with van der Waals surface area (Å²) in [6.07, 6.45) is 3.66. The third-order valence-corrected chi connectivity index (χ3v) is 5.58. The number of hydrogen-bond acceptors (Lipinski definition) is 4. The molecule has 4 aromatic rings. The number of ether oxygens (including phenoxy) is 1. The van der Waals surface area contributed by atoms with Gasteiger partial charge in [-0.25, -0.2) is 5.43 Å². The highest BCUT2D eigenvalue weighted by molar-refractivity contribution is 7.98. The quantitative estimate of drug-likeness (QED) is 0.227. The first kappa shape index (κ1) is 20.7. The first-order chi connectivity index (χ1) is 15.2. The van der Waals surface area contributed by atoms with Crippen molar-refractivity contribution < 1.29 is 9.53 Å². The summed E-state index contributed by atoms with van der Waals surface area (Å²) in [5, 5.41) is 6.37. The summed E-state index contributed by atoms with van der Waals surface area (Å²) in [4.78, 5) is 13.5. The highest BCUT2D eigenvalue weighted by Crippen LogP contribution is 2.21. The van der Waals surface area contributed by atoms with E-state index in [2.05, 4.69) is 28.7 Å². The molecule has 1 amide bonds. The van der Waals surface area contributed by atoms with E-state index in [-0.39, 0.29) is 5.91 Å². The van der Waals surface area contributed by atoms with Crippen LogP contribution in [0.3, 0.4) is 0 Å². The summed E-state index contributed by atoms with van der Waals surface area (Å²) >= 11 is 1.68. The smallest absolute Gasteiger partial charge is 0.271 e. The van der Waals surface area contributed by atoms with Gasteiger partial charge in [0.2, 0.25) is 0 Å². The van der Waals surface area contributed by atoms with Crippen molar-refractivity contribution >= 4 is 34.7 Å². The summed E-state index contributed by atoms with van der Waals surface area (Å²) in [5.41, 5.74) is 5.03. The Morgan fingerprint density at radius 3 is 2.42 bits per heavy atom. The van der Waals surface area contributed by atoms with Crippen molar-refractivity contribution in [2.75, 3.05) is 6.26 Å².